The maximum atomic E-state index is 9.08. The lowest BCUT2D eigenvalue weighted by atomic mass is 9.81. The zero-order chi connectivity index (χ0) is 8.97. The lowest BCUT2D eigenvalue weighted by Gasteiger charge is -2.30. The Labute approximate surface area is 75.4 Å². The van der Waals surface area contributed by atoms with Gasteiger partial charge in [0, 0.05) is 12.1 Å². The van der Waals surface area contributed by atoms with Crippen molar-refractivity contribution in [3.05, 3.63) is 0 Å². The summed E-state index contributed by atoms with van der Waals surface area (Å²) in [6.07, 6.45) is 5.30. The zero-order valence-corrected chi connectivity index (χ0v) is 8.21. The van der Waals surface area contributed by atoms with Crippen LogP contribution < -0.4 is 5.32 Å². The molecular formula is C10H21NO. The number of hydrogen-bond acceptors (Lipinski definition) is 2. The van der Waals surface area contributed by atoms with Crippen LogP contribution in [0.1, 0.15) is 39.5 Å². The van der Waals surface area contributed by atoms with Crippen molar-refractivity contribution >= 4 is 0 Å². The average Bonchev–Trinajstić information content (AvgIpc) is 1.93. The SMILES string of the molecule is CC(C)N[C@@H](CO)CC1CCC1. The molecule has 12 heavy (non-hydrogen) atoms. The first-order chi connectivity index (χ1) is 5.72. The van der Waals surface area contributed by atoms with Gasteiger partial charge < -0.3 is 10.4 Å². The highest BCUT2D eigenvalue weighted by Gasteiger charge is 2.21. The molecule has 1 saturated carbocycles. The molecule has 0 aromatic heterocycles. The summed E-state index contributed by atoms with van der Waals surface area (Å²) in [5.74, 6) is 0.883. The molecule has 1 aliphatic rings. The highest BCUT2D eigenvalue weighted by Crippen LogP contribution is 2.30. The minimum absolute atomic E-state index is 0.286. The molecule has 0 spiro atoms. The van der Waals surface area contributed by atoms with Crippen molar-refractivity contribution in [2.24, 2.45) is 5.92 Å². The van der Waals surface area contributed by atoms with Gasteiger partial charge in [-0.25, -0.2) is 0 Å². The van der Waals surface area contributed by atoms with Crippen LogP contribution in [-0.2, 0) is 0 Å². The predicted octanol–water partition coefficient (Wildman–Crippen LogP) is 1.54. The fourth-order valence-electron chi connectivity index (χ4n) is 1.80. The highest BCUT2D eigenvalue weighted by molar-refractivity contribution is 4.77. The van der Waals surface area contributed by atoms with Gasteiger partial charge in [0.25, 0.3) is 0 Å². The van der Waals surface area contributed by atoms with Crippen LogP contribution in [0.3, 0.4) is 0 Å². The molecule has 0 aromatic rings. The average molecular weight is 171 g/mol. The third-order valence-corrected chi connectivity index (χ3v) is 2.63. The Morgan fingerprint density at radius 1 is 1.42 bits per heavy atom. The van der Waals surface area contributed by atoms with Crippen LogP contribution in [-0.4, -0.2) is 23.8 Å². The van der Waals surface area contributed by atoms with Crippen LogP contribution in [0, 0.1) is 5.92 Å². The molecule has 0 aliphatic heterocycles. The molecule has 72 valence electrons. The van der Waals surface area contributed by atoms with Crippen molar-refractivity contribution in [3.63, 3.8) is 0 Å². The molecule has 1 fully saturated rings. The van der Waals surface area contributed by atoms with Gasteiger partial charge in [0.15, 0.2) is 0 Å². The Balaban J connectivity index is 2.15. The molecule has 1 aliphatic carbocycles. The van der Waals surface area contributed by atoms with Crippen LogP contribution in [0.15, 0.2) is 0 Å². The van der Waals surface area contributed by atoms with Crippen LogP contribution in [0.2, 0.25) is 0 Å². The van der Waals surface area contributed by atoms with Crippen molar-refractivity contribution < 1.29 is 5.11 Å². The Morgan fingerprint density at radius 2 is 2.08 bits per heavy atom. The van der Waals surface area contributed by atoms with Crippen LogP contribution in [0.25, 0.3) is 0 Å². The third kappa shape index (κ3) is 3.11. The van der Waals surface area contributed by atoms with E-state index in [0.717, 1.165) is 12.3 Å². The van der Waals surface area contributed by atoms with Crippen LogP contribution in [0.5, 0.6) is 0 Å². The van der Waals surface area contributed by atoms with Gasteiger partial charge in [0.1, 0.15) is 0 Å². The number of aliphatic hydroxyl groups is 1. The van der Waals surface area contributed by atoms with E-state index in [1.165, 1.54) is 19.3 Å². The standard InChI is InChI=1S/C10H21NO/c1-8(2)11-10(7-12)6-9-4-3-5-9/h8-12H,3-7H2,1-2H3/t10-/m1/s1. The van der Waals surface area contributed by atoms with E-state index < -0.39 is 0 Å². The van der Waals surface area contributed by atoms with Gasteiger partial charge in [0.2, 0.25) is 0 Å². The lowest BCUT2D eigenvalue weighted by Crippen LogP contribution is -2.39. The Morgan fingerprint density at radius 3 is 2.42 bits per heavy atom. The lowest BCUT2D eigenvalue weighted by molar-refractivity contribution is 0.183. The molecule has 1 atom stereocenters. The maximum Gasteiger partial charge on any atom is 0.0584 e. The smallest absolute Gasteiger partial charge is 0.0584 e. The number of aliphatic hydroxyl groups excluding tert-OH is 1. The second-order valence-corrected chi connectivity index (χ2v) is 4.23. The van der Waals surface area contributed by atoms with E-state index in [4.69, 9.17) is 5.11 Å². The van der Waals surface area contributed by atoms with Gasteiger partial charge in [-0.3, -0.25) is 0 Å². The molecule has 0 heterocycles. The summed E-state index contributed by atoms with van der Waals surface area (Å²) in [6.45, 7) is 4.54. The first kappa shape index (κ1) is 10.0. The third-order valence-electron chi connectivity index (χ3n) is 2.63. The first-order valence-electron chi connectivity index (χ1n) is 5.09. The van der Waals surface area contributed by atoms with Gasteiger partial charge in [-0.05, 0) is 12.3 Å². The molecule has 0 radical (unpaired) electrons. The molecule has 0 saturated heterocycles. The van der Waals surface area contributed by atoms with Gasteiger partial charge in [-0.15, -0.1) is 0 Å². The summed E-state index contributed by atoms with van der Waals surface area (Å²) in [5, 5.41) is 12.5. The summed E-state index contributed by atoms with van der Waals surface area (Å²) < 4.78 is 0. The zero-order valence-electron chi connectivity index (χ0n) is 8.21. The van der Waals surface area contributed by atoms with Crippen molar-refractivity contribution in [2.75, 3.05) is 6.61 Å². The summed E-state index contributed by atoms with van der Waals surface area (Å²) >= 11 is 0. The Hall–Kier alpha value is -0.0800. The van der Waals surface area contributed by atoms with Gasteiger partial charge in [-0.1, -0.05) is 33.1 Å². The van der Waals surface area contributed by atoms with Gasteiger partial charge in [0.05, 0.1) is 6.61 Å². The monoisotopic (exact) mass is 171 g/mol. The first-order valence-corrected chi connectivity index (χ1v) is 5.09. The van der Waals surface area contributed by atoms with E-state index in [2.05, 4.69) is 19.2 Å². The van der Waals surface area contributed by atoms with E-state index in [9.17, 15) is 0 Å². The molecule has 2 N–H and O–H groups in total. The molecule has 1 rings (SSSR count). The highest BCUT2D eigenvalue weighted by atomic mass is 16.3. The fourth-order valence-corrected chi connectivity index (χ4v) is 1.80. The predicted molar refractivity (Wildman–Crippen MR) is 51.1 cm³/mol. The minimum Gasteiger partial charge on any atom is -0.395 e. The molecule has 0 unspecified atom stereocenters. The van der Waals surface area contributed by atoms with Gasteiger partial charge in [-0.2, -0.15) is 0 Å². The molecule has 0 aromatic carbocycles. The summed E-state index contributed by atoms with van der Waals surface area (Å²) in [5.41, 5.74) is 0. The van der Waals surface area contributed by atoms with Crippen molar-refractivity contribution in [3.8, 4) is 0 Å². The quantitative estimate of drug-likeness (QED) is 0.657. The van der Waals surface area contributed by atoms with Crippen molar-refractivity contribution in [1.82, 2.24) is 5.32 Å². The van der Waals surface area contributed by atoms with E-state index in [-0.39, 0.29) is 6.61 Å². The van der Waals surface area contributed by atoms with Gasteiger partial charge >= 0.3 is 0 Å². The summed E-state index contributed by atoms with van der Waals surface area (Å²) in [7, 11) is 0. The van der Waals surface area contributed by atoms with Crippen LogP contribution >= 0.6 is 0 Å². The second kappa shape index (κ2) is 4.83. The van der Waals surface area contributed by atoms with Crippen molar-refractivity contribution in [2.45, 2.75) is 51.6 Å². The molecule has 0 bridgehead atoms. The van der Waals surface area contributed by atoms with Crippen LogP contribution in [0.4, 0.5) is 0 Å². The number of nitrogens with one attached hydrogen (secondary N) is 1. The van der Waals surface area contributed by atoms with E-state index >= 15 is 0 Å². The second-order valence-electron chi connectivity index (χ2n) is 4.23. The topological polar surface area (TPSA) is 32.3 Å². The molecule has 2 heteroatoms. The van der Waals surface area contributed by atoms with E-state index in [0.29, 0.717) is 12.1 Å². The summed E-state index contributed by atoms with van der Waals surface area (Å²) in [6, 6.07) is 0.817. The molecule has 0 amide bonds. The molecular weight excluding hydrogens is 150 g/mol. The minimum atomic E-state index is 0.286. The fraction of sp³-hybridized carbons (Fsp3) is 1.00. The normalized spacial score (nSPS) is 21.0. The Kier molecular flexibility index (Phi) is 4.02. The molecule has 2 nitrogen and oxygen atoms in total. The van der Waals surface area contributed by atoms with E-state index in [1.807, 2.05) is 0 Å². The Bertz CT molecular complexity index is 121. The maximum absolute atomic E-state index is 9.08. The van der Waals surface area contributed by atoms with Crippen molar-refractivity contribution in [1.29, 1.82) is 0 Å². The summed E-state index contributed by atoms with van der Waals surface area (Å²) in [4.78, 5) is 0. The van der Waals surface area contributed by atoms with E-state index in [1.54, 1.807) is 0 Å². The number of hydrogen-bond donors (Lipinski definition) is 2. The largest absolute Gasteiger partial charge is 0.395 e. The number of rotatable bonds is 5.